The maximum absolute atomic E-state index is 11.9. The Kier molecular flexibility index (Phi) is 7.30. The van der Waals surface area contributed by atoms with Gasteiger partial charge in [0.05, 0.1) is 7.11 Å². The lowest BCUT2D eigenvalue weighted by Crippen LogP contribution is -2.29. The first kappa shape index (κ1) is 18.0. The number of carbonyl (C=O) groups excluding carboxylic acids is 1. The van der Waals surface area contributed by atoms with Gasteiger partial charge in [-0.05, 0) is 30.5 Å². The molecule has 0 radical (unpaired) electrons. The fraction of sp³-hybridized carbons (Fsp3) is 0.350. The van der Waals surface area contributed by atoms with Crippen molar-refractivity contribution in [1.82, 2.24) is 10.6 Å². The van der Waals surface area contributed by atoms with Gasteiger partial charge in [0, 0.05) is 26.1 Å². The van der Waals surface area contributed by atoms with Crippen molar-refractivity contribution in [3.63, 3.8) is 0 Å². The summed E-state index contributed by atoms with van der Waals surface area (Å²) in [5.74, 6) is 0.938. The number of amides is 1. The lowest BCUT2D eigenvalue weighted by molar-refractivity contribution is -0.120. The van der Waals surface area contributed by atoms with Crippen LogP contribution in [0.2, 0.25) is 0 Å². The summed E-state index contributed by atoms with van der Waals surface area (Å²) in [5.41, 5.74) is 3.60. The van der Waals surface area contributed by atoms with Crippen molar-refractivity contribution in [3.8, 4) is 5.75 Å². The smallest absolute Gasteiger partial charge is 0.221 e. The van der Waals surface area contributed by atoms with Gasteiger partial charge in [-0.25, -0.2) is 0 Å². The predicted molar refractivity (Wildman–Crippen MR) is 97.2 cm³/mol. The Morgan fingerprint density at radius 1 is 1.08 bits per heavy atom. The number of para-hydroxylation sites is 1. The molecule has 0 aromatic heterocycles. The summed E-state index contributed by atoms with van der Waals surface area (Å²) in [6.45, 7) is 4.17. The van der Waals surface area contributed by atoms with E-state index in [1.54, 1.807) is 7.11 Å². The fourth-order valence-electron chi connectivity index (χ4n) is 2.59. The number of carbonyl (C=O) groups is 1. The molecular weight excluding hydrogens is 300 g/mol. The molecule has 2 N–H and O–H groups in total. The van der Waals surface area contributed by atoms with Crippen LogP contribution in [0.25, 0.3) is 0 Å². The minimum atomic E-state index is 0.0710. The van der Waals surface area contributed by atoms with Gasteiger partial charge in [-0.2, -0.15) is 0 Å². The maximum atomic E-state index is 11.9. The van der Waals surface area contributed by atoms with Crippen molar-refractivity contribution in [2.75, 3.05) is 20.2 Å². The molecule has 0 unspecified atom stereocenters. The molecule has 0 aliphatic rings. The summed E-state index contributed by atoms with van der Waals surface area (Å²) in [5, 5.41) is 6.26. The second-order valence-electron chi connectivity index (χ2n) is 5.83. The van der Waals surface area contributed by atoms with E-state index in [0.29, 0.717) is 19.5 Å². The zero-order valence-corrected chi connectivity index (χ0v) is 14.5. The van der Waals surface area contributed by atoms with E-state index in [2.05, 4.69) is 41.8 Å². The molecule has 4 heteroatoms. The minimum absolute atomic E-state index is 0.0710. The van der Waals surface area contributed by atoms with Crippen LogP contribution in [-0.4, -0.2) is 26.1 Å². The van der Waals surface area contributed by atoms with Crippen LogP contribution >= 0.6 is 0 Å². The third-order valence-corrected chi connectivity index (χ3v) is 3.85. The number of ether oxygens (including phenoxy) is 1. The number of methoxy groups -OCH3 is 1. The first-order valence-electron chi connectivity index (χ1n) is 8.34. The first-order chi connectivity index (χ1) is 11.7. The Bertz CT molecular complexity index is 656. The lowest BCUT2D eigenvalue weighted by atomic mass is 10.1. The second-order valence-corrected chi connectivity index (χ2v) is 5.83. The Morgan fingerprint density at radius 3 is 2.71 bits per heavy atom. The number of benzene rings is 2. The van der Waals surface area contributed by atoms with Crippen molar-refractivity contribution >= 4 is 5.91 Å². The molecule has 24 heavy (non-hydrogen) atoms. The molecule has 2 aromatic carbocycles. The molecule has 2 rings (SSSR count). The third-order valence-electron chi connectivity index (χ3n) is 3.85. The van der Waals surface area contributed by atoms with Crippen LogP contribution in [0.4, 0.5) is 0 Å². The van der Waals surface area contributed by atoms with E-state index in [-0.39, 0.29) is 5.91 Å². The van der Waals surface area contributed by atoms with Crippen LogP contribution in [0.15, 0.2) is 48.5 Å². The van der Waals surface area contributed by atoms with Gasteiger partial charge in [0.15, 0.2) is 0 Å². The molecule has 0 heterocycles. The molecule has 0 aliphatic carbocycles. The van der Waals surface area contributed by atoms with Gasteiger partial charge in [-0.3, -0.25) is 4.79 Å². The van der Waals surface area contributed by atoms with Gasteiger partial charge in [-0.1, -0.05) is 48.0 Å². The van der Waals surface area contributed by atoms with Crippen LogP contribution in [0.1, 0.15) is 23.1 Å². The van der Waals surface area contributed by atoms with Gasteiger partial charge in [0.1, 0.15) is 5.75 Å². The topological polar surface area (TPSA) is 50.4 Å². The highest BCUT2D eigenvalue weighted by Crippen LogP contribution is 2.17. The van der Waals surface area contributed by atoms with Crippen molar-refractivity contribution in [3.05, 3.63) is 65.2 Å². The average molecular weight is 326 g/mol. The first-order valence-corrected chi connectivity index (χ1v) is 8.34. The van der Waals surface area contributed by atoms with Gasteiger partial charge in [-0.15, -0.1) is 0 Å². The van der Waals surface area contributed by atoms with Crippen molar-refractivity contribution in [2.24, 2.45) is 0 Å². The summed E-state index contributed by atoms with van der Waals surface area (Å²) in [4.78, 5) is 11.9. The summed E-state index contributed by atoms with van der Waals surface area (Å²) >= 11 is 0. The Balaban J connectivity index is 1.61. The van der Waals surface area contributed by atoms with Crippen LogP contribution in [-0.2, 0) is 17.8 Å². The minimum Gasteiger partial charge on any atom is -0.496 e. The van der Waals surface area contributed by atoms with E-state index in [1.807, 2.05) is 24.3 Å². The summed E-state index contributed by atoms with van der Waals surface area (Å²) in [6.07, 6.45) is 1.25. The highest BCUT2D eigenvalue weighted by atomic mass is 16.5. The lowest BCUT2D eigenvalue weighted by Gasteiger charge is -2.09. The zero-order chi connectivity index (χ0) is 17.2. The Labute approximate surface area is 144 Å². The molecule has 0 fully saturated rings. The Hall–Kier alpha value is -2.33. The quantitative estimate of drug-likeness (QED) is 0.697. The van der Waals surface area contributed by atoms with E-state index in [4.69, 9.17) is 4.74 Å². The van der Waals surface area contributed by atoms with E-state index < -0.39 is 0 Å². The molecule has 4 nitrogen and oxygen atoms in total. The van der Waals surface area contributed by atoms with Crippen molar-refractivity contribution < 1.29 is 9.53 Å². The Morgan fingerprint density at radius 2 is 1.92 bits per heavy atom. The van der Waals surface area contributed by atoms with Crippen molar-refractivity contribution in [1.29, 1.82) is 0 Å². The molecule has 0 spiro atoms. The SMILES string of the molecule is COc1ccccc1CCNC(=O)CCNCc1cccc(C)c1. The molecule has 128 valence electrons. The maximum Gasteiger partial charge on any atom is 0.221 e. The molecular formula is C20H26N2O2. The second kappa shape index (κ2) is 9.73. The van der Waals surface area contributed by atoms with E-state index in [1.165, 1.54) is 11.1 Å². The summed E-state index contributed by atoms with van der Waals surface area (Å²) in [6, 6.07) is 16.3. The number of aryl methyl sites for hydroxylation is 1. The molecule has 0 aliphatic heterocycles. The van der Waals surface area contributed by atoms with Gasteiger partial charge in [0.25, 0.3) is 0 Å². The van der Waals surface area contributed by atoms with E-state index in [0.717, 1.165) is 24.3 Å². The molecule has 0 saturated heterocycles. The van der Waals surface area contributed by atoms with E-state index in [9.17, 15) is 4.79 Å². The normalized spacial score (nSPS) is 10.4. The van der Waals surface area contributed by atoms with Crippen LogP contribution < -0.4 is 15.4 Å². The van der Waals surface area contributed by atoms with Gasteiger partial charge in [0.2, 0.25) is 5.91 Å². The van der Waals surface area contributed by atoms with Crippen LogP contribution in [0.5, 0.6) is 5.75 Å². The van der Waals surface area contributed by atoms with E-state index >= 15 is 0 Å². The predicted octanol–water partition coefficient (Wildman–Crippen LogP) is 2.84. The zero-order valence-electron chi connectivity index (χ0n) is 14.5. The fourth-order valence-corrected chi connectivity index (χ4v) is 2.59. The average Bonchev–Trinajstić information content (AvgIpc) is 2.59. The van der Waals surface area contributed by atoms with Crippen LogP contribution in [0.3, 0.4) is 0 Å². The largest absolute Gasteiger partial charge is 0.496 e. The number of hydrogen-bond donors (Lipinski definition) is 2. The van der Waals surface area contributed by atoms with Crippen LogP contribution in [0, 0.1) is 6.92 Å². The summed E-state index contributed by atoms with van der Waals surface area (Å²) in [7, 11) is 1.66. The molecule has 0 saturated carbocycles. The number of nitrogens with one attached hydrogen (secondary N) is 2. The number of rotatable bonds is 9. The highest BCUT2D eigenvalue weighted by molar-refractivity contribution is 5.76. The van der Waals surface area contributed by atoms with Gasteiger partial charge >= 0.3 is 0 Å². The summed E-state index contributed by atoms with van der Waals surface area (Å²) < 4.78 is 5.31. The van der Waals surface area contributed by atoms with Crippen molar-refractivity contribution in [2.45, 2.75) is 26.3 Å². The highest BCUT2D eigenvalue weighted by Gasteiger charge is 2.04. The number of hydrogen-bond acceptors (Lipinski definition) is 3. The third kappa shape index (κ3) is 6.05. The standard InChI is InChI=1S/C20H26N2O2/c1-16-6-5-7-17(14-16)15-21-12-11-20(23)22-13-10-18-8-3-4-9-19(18)24-2/h3-9,14,21H,10-13,15H2,1-2H3,(H,22,23). The monoisotopic (exact) mass is 326 g/mol. The van der Waals surface area contributed by atoms with Gasteiger partial charge < -0.3 is 15.4 Å². The molecule has 0 atom stereocenters. The molecule has 1 amide bonds. The molecule has 2 aromatic rings. The molecule has 0 bridgehead atoms.